The lowest BCUT2D eigenvalue weighted by Gasteiger charge is -2.21. The molecule has 15 heavy (non-hydrogen) atoms. The van der Waals surface area contributed by atoms with Crippen LogP contribution in [-0.4, -0.2) is 37.3 Å². The molecule has 0 radical (unpaired) electrons. The van der Waals surface area contributed by atoms with Gasteiger partial charge in [-0.1, -0.05) is 13.8 Å². The topological polar surface area (TPSA) is 29.3 Å². The highest BCUT2D eigenvalue weighted by atomic mass is 19.4. The van der Waals surface area contributed by atoms with E-state index in [-0.39, 0.29) is 12.6 Å². The van der Waals surface area contributed by atoms with Gasteiger partial charge < -0.3 is 10.6 Å². The molecule has 0 spiro atoms. The van der Waals surface area contributed by atoms with Crippen LogP contribution in [0.25, 0.3) is 0 Å². The molecule has 0 heterocycles. The summed E-state index contributed by atoms with van der Waals surface area (Å²) in [5.74, 6) is 0.376. The van der Waals surface area contributed by atoms with E-state index in [1.807, 2.05) is 13.8 Å². The summed E-state index contributed by atoms with van der Waals surface area (Å²) < 4.78 is 35.7. The van der Waals surface area contributed by atoms with Crippen molar-refractivity contribution in [3.8, 4) is 0 Å². The Kier molecular flexibility index (Phi) is 6.20. The summed E-state index contributed by atoms with van der Waals surface area (Å²) in [6.07, 6.45) is -4.07. The van der Waals surface area contributed by atoms with E-state index in [2.05, 4.69) is 0 Å². The van der Waals surface area contributed by atoms with Crippen molar-refractivity contribution in [1.82, 2.24) is 4.90 Å². The van der Waals surface area contributed by atoms with Crippen LogP contribution in [0.2, 0.25) is 0 Å². The lowest BCUT2D eigenvalue weighted by molar-refractivity contribution is -0.137. The van der Waals surface area contributed by atoms with Crippen LogP contribution in [0.1, 0.15) is 26.7 Å². The maximum Gasteiger partial charge on any atom is 0.390 e. The largest absolute Gasteiger partial charge is 0.390 e. The molecule has 0 bridgehead atoms. The molecule has 0 fully saturated rings. The van der Waals surface area contributed by atoms with Crippen LogP contribution in [0.15, 0.2) is 0 Å². The second kappa shape index (κ2) is 6.33. The summed E-state index contributed by atoms with van der Waals surface area (Å²) in [5.41, 5.74) is 5.80. The molecule has 0 saturated heterocycles. The fourth-order valence-corrected chi connectivity index (χ4v) is 1.13. The second-order valence-electron chi connectivity index (χ2n) is 4.37. The standard InChI is InChI=1S/C10H21F3N2/c1-8(2)9(14)4-6-15(3)7-5-10(11,12)13/h8-9H,4-7,14H2,1-3H3. The van der Waals surface area contributed by atoms with Crippen LogP contribution in [0.4, 0.5) is 13.2 Å². The molecule has 0 rings (SSSR count). The lowest BCUT2D eigenvalue weighted by Crippen LogP contribution is -2.33. The van der Waals surface area contributed by atoms with Crippen LogP contribution in [0, 0.1) is 5.92 Å². The van der Waals surface area contributed by atoms with Crippen molar-refractivity contribution < 1.29 is 13.2 Å². The van der Waals surface area contributed by atoms with Crippen molar-refractivity contribution in [2.24, 2.45) is 11.7 Å². The van der Waals surface area contributed by atoms with Crippen LogP contribution in [-0.2, 0) is 0 Å². The third kappa shape index (κ3) is 8.69. The van der Waals surface area contributed by atoms with Gasteiger partial charge in [0.05, 0.1) is 6.42 Å². The Balaban J connectivity index is 3.62. The third-order valence-electron chi connectivity index (χ3n) is 2.48. The van der Waals surface area contributed by atoms with Crippen molar-refractivity contribution in [2.75, 3.05) is 20.1 Å². The fourth-order valence-electron chi connectivity index (χ4n) is 1.13. The first-order valence-electron chi connectivity index (χ1n) is 5.23. The highest BCUT2D eigenvalue weighted by molar-refractivity contribution is 4.67. The van der Waals surface area contributed by atoms with Crippen LogP contribution < -0.4 is 5.73 Å². The summed E-state index contributed by atoms with van der Waals surface area (Å²) in [7, 11) is 1.69. The summed E-state index contributed by atoms with van der Waals surface area (Å²) in [5, 5.41) is 0. The van der Waals surface area contributed by atoms with Gasteiger partial charge in [0.1, 0.15) is 0 Å². The summed E-state index contributed by atoms with van der Waals surface area (Å²) >= 11 is 0. The molecule has 0 aromatic rings. The minimum absolute atomic E-state index is 0.0499. The molecular formula is C10H21F3N2. The molecule has 1 unspecified atom stereocenters. The SMILES string of the molecule is CC(C)C(N)CCN(C)CCC(F)(F)F. The third-order valence-corrected chi connectivity index (χ3v) is 2.48. The molecule has 2 nitrogen and oxygen atoms in total. The number of alkyl halides is 3. The highest BCUT2D eigenvalue weighted by Gasteiger charge is 2.27. The zero-order valence-corrected chi connectivity index (χ0v) is 9.64. The monoisotopic (exact) mass is 226 g/mol. The first-order chi connectivity index (χ1) is 6.72. The Bertz CT molecular complexity index is 169. The van der Waals surface area contributed by atoms with Gasteiger partial charge in [-0.25, -0.2) is 0 Å². The molecule has 0 aliphatic rings. The molecule has 0 aliphatic heterocycles. The Hall–Kier alpha value is -0.290. The van der Waals surface area contributed by atoms with E-state index in [0.717, 1.165) is 6.42 Å². The fraction of sp³-hybridized carbons (Fsp3) is 1.00. The van der Waals surface area contributed by atoms with Gasteiger partial charge in [-0.2, -0.15) is 13.2 Å². The summed E-state index contributed by atoms with van der Waals surface area (Å²) in [6, 6.07) is 0.0679. The van der Waals surface area contributed by atoms with Crippen molar-refractivity contribution in [3.63, 3.8) is 0 Å². The number of hydrogen-bond acceptors (Lipinski definition) is 2. The van der Waals surface area contributed by atoms with Crippen LogP contribution >= 0.6 is 0 Å². The predicted octanol–water partition coefficient (Wildman–Crippen LogP) is 2.24. The Morgan fingerprint density at radius 3 is 2.13 bits per heavy atom. The minimum Gasteiger partial charge on any atom is -0.327 e. The molecule has 0 aromatic carbocycles. The van der Waals surface area contributed by atoms with Gasteiger partial charge in [0.15, 0.2) is 0 Å². The van der Waals surface area contributed by atoms with Crippen LogP contribution in [0.3, 0.4) is 0 Å². The second-order valence-corrected chi connectivity index (χ2v) is 4.37. The van der Waals surface area contributed by atoms with Gasteiger partial charge in [0, 0.05) is 12.6 Å². The number of nitrogens with two attached hydrogens (primary N) is 1. The molecule has 0 amide bonds. The van der Waals surface area contributed by atoms with Gasteiger partial charge in [0.25, 0.3) is 0 Å². The van der Waals surface area contributed by atoms with E-state index in [1.54, 1.807) is 11.9 Å². The summed E-state index contributed by atoms with van der Waals surface area (Å²) in [6.45, 7) is 4.70. The van der Waals surface area contributed by atoms with Gasteiger partial charge in [0.2, 0.25) is 0 Å². The smallest absolute Gasteiger partial charge is 0.327 e. The van der Waals surface area contributed by atoms with Crippen molar-refractivity contribution in [3.05, 3.63) is 0 Å². The Morgan fingerprint density at radius 1 is 1.20 bits per heavy atom. The number of rotatable bonds is 6. The zero-order chi connectivity index (χ0) is 12.1. The minimum atomic E-state index is -4.06. The molecule has 1 atom stereocenters. The van der Waals surface area contributed by atoms with Crippen molar-refractivity contribution in [2.45, 2.75) is 38.9 Å². The molecule has 92 valence electrons. The maximum atomic E-state index is 11.9. The molecule has 0 aromatic heterocycles. The normalized spacial score (nSPS) is 15.0. The first-order valence-corrected chi connectivity index (χ1v) is 5.23. The van der Waals surface area contributed by atoms with E-state index in [4.69, 9.17) is 5.73 Å². The van der Waals surface area contributed by atoms with Gasteiger partial charge >= 0.3 is 6.18 Å². The molecule has 0 saturated carbocycles. The van der Waals surface area contributed by atoms with Gasteiger partial charge in [-0.05, 0) is 25.9 Å². The molecule has 0 aliphatic carbocycles. The van der Waals surface area contributed by atoms with Crippen LogP contribution in [0.5, 0.6) is 0 Å². The average molecular weight is 226 g/mol. The Labute approximate surface area is 89.6 Å². The maximum absolute atomic E-state index is 11.9. The molecule has 2 N–H and O–H groups in total. The lowest BCUT2D eigenvalue weighted by atomic mass is 10.0. The van der Waals surface area contributed by atoms with E-state index < -0.39 is 12.6 Å². The van der Waals surface area contributed by atoms with Crippen molar-refractivity contribution in [1.29, 1.82) is 0 Å². The molecule has 5 heteroatoms. The van der Waals surface area contributed by atoms with E-state index in [9.17, 15) is 13.2 Å². The van der Waals surface area contributed by atoms with Gasteiger partial charge in [-0.15, -0.1) is 0 Å². The number of halogens is 3. The van der Waals surface area contributed by atoms with E-state index in [0.29, 0.717) is 12.5 Å². The quantitative estimate of drug-likeness (QED) is 0.752. The van der Waals surface area contributed by atoms with Gasteiger partial charge in [-0.3, -0.25) is 0 Å². The first kappa shape index (κ1) is 14.7. The molecular weight excluding hydrogens is 205 g/mol. The summed E-state index contributed by atoms with van der Waals surface area (Å²) in [4.78, 5) is 1.68. The number of nitrogens with zero attached hydrogens (tertiary/aromatic N) is 1. The average Bonchev–Trinajstić information content (AvgIpc) is 2.09. The van der Waals surface area contributed by atoms with E-state index in [1.165, 1.54) is 0 Å². The number of hydrogen-bond donors (Lipinski definition) is 1. The van der Waals surface area contributed by atoms with E-state index >= 15 is 0 Å². The predicted molar refractivity (Wildman–Crippen MR) is 55.6 cm³/mol. The Morgan fingerprint density at radius 2 is 1.73 bits per heavy atom. The highest BCUT2D eigenvalue weighted by Crippen LogP contribution is 2.19. The zero-order valence-electron chi connectivity index (χ0n) is 9.64. The van der Waals surface area contributed by atoms with Crippen molar-refractivity contribution >= 4 is 0 Å².